The zero-order valence-electron chi connectivity index (χ0n) is 20.1. The third-order valence-electron chi connectivity index (χ3n) is 7.09. The molecule has 2 saturated heterocycles. The van der Waals surface area contributed by atoms with Gasteiger partial charge in [0.1, 0.15) is 0 Å². The van der Waals surface area contributed by atoms with Gasteiger partial charge in [-0.3, -0.25) is 4.99 Å². The topological polar surface area (TPSA) is 34.1 Å². The van der Waals surface area contributed by atoms with Gasteiger partial charge in [-0.25, -0.2) is 0 Å². The molecule has 0 spiro atoms. The number of rotatable bonds is 7. The van der Waals surface area contributed by atoms with Crippen LogP contribution in [0.25, 0.3) is 0 Å². The highest BCUT2D eigenvalue weighted by molar-refractivity contribution is 14.0. The molecule has 31 heavy (non-hydrogen) atoms. The van der Waals surface area contributed by atoms with Crippen LogP contribution in [0.15, 0.2) is 35.3 Å². The minimum absolute atomic E-state index is 0. The predicted octanol–water partition coefficient (Wildman–Crippen LogP) is 3.97. The van der Waals surface area contributed by atoms with E-state index in [0.717, 1.165) is 25.6 Å². The molecular weight excluding hydrogens is 497 g/mol. The second-order valence-electron chi connectivity index (χ2n) is 9.19. The lowest BCUT2D eigenvalue weighted by Crippen LogP contribution is -2.51. The molecule has 0 aromatic heterocycles. The molecule has 2 aliphatic heterocycles. The van der Waals surface area contributed by atoms with Crippen LogP contribution < -0.4 is 5.32 Å². The monoisotopic (exact) mass is 541 g/mol. The molecule has 2 heterocycles. The van der Waals surface area contributed by atoms with E-state index in [4.69, 9.17) is 0 Å². The maximum atomic E-state index is 4.63. The maximum Gasteiger partial charge on any atom is 0.193 e. The lowest BCUT2D eigenvalue weighted by molar-refractivity contribution is 0.124. The zero-order valence-corrected chi connectivity index (χ0v) is 22.4. The van der Waals surface area contributed by atoms with Gasteiger partial charge in [-0.05, 0) is 36.3 Å². The molecule has 0 aliphatic carbocycles. The van der Waals surface area contributed by atoms with Gasteiger partial charge in [0.25, 0.3) is 0 Å². The largest absolute Gasteiger partial charge is 0.356 e. The minimum Gasteiger partial charge on any atom is -0.356 e. The lowest BCUT2D eigenvalue weighted by atomic mass is 9.79. The molecule has 2 fully saturated rings. The van der Waals surface area contributed by atoms with E-state index in [9.17, 15) is 0 Å². The molecule has 0 amide bonds. The van der Waals surface area contributed by atoms with E-state index in [-0.39, 0.29) is 24.0 Å². The number of piperidine rings is 1. The number of halogens is 1. The van der Waals surface area contributed by atoms with E-state index in [1.54, 1.807) is 0 Å². The van der Waals surface area contributed by atoms with E-state index >= 15 is 0 Å². The van der Waals surface area contributed by atoms with Gasteiger partial charge < -0.3 is 20.0 Å². The Kier molecular flexibility index (Phi) is 11.6. The summed E-state index contributed by atoms with van der Waals surface area (Å²) < 4.78 is 0. The van der Waals surface area contributed by atoms with Crippen molar-refractivity contribution in [2.24, 2.45) is 16.8 Å². The van der Waals surface area contributed by atoms with Crippen LogP contribution in [0.3, 0.4) is 0 Å². The fraction of sp³-hybridized carbons (Fsp3) is 0.720. The Balaban J connectivity index is 0.00000341. The highest BCUT2D eigenvalue weighted by Gasteiger charge is 2.30. The summed E-state index contributed by atoms with van der Waals surface area (Å²) in [5.74, 6) is 3.07. The smallest absolute Gasteiger partial charge is 0.193 e. The molecule has 3 unspecified atom stereocenters. The summed E-state index contributed by atoms with van der Waals surface area (Å²) >= 11 is 0. The van der Waals surface area contributed by atoms with E-state index < -0.39 is 0 Å². The number of guanidine groups is 1. The summed E-state index contributed by atoms with van der Waals surface area (Å²) in [7, 11) is 1.93. The van der Waals surface area contributed by atoms with Crippen LogP contribution in [0.5, 0.6) is 0 Å². The number of nitrogens with one attached hydrogen (secondary N) is 1. The Bertz CT molecular complexity index is 645. The molecule has 5 nitrogen and oxygen atoms in total. The Labute approximate surface area is 207 Å². The molecule has 1 aromatic carbocycles. The number of hydrogen-bond donors (Lipinski definition) is 1. The molecular formula is C25H44IN5. The van der Waals surface area contributed by atoms with Crippen molar-refractivity contribution >= 4 is 29.9 Å². The van der Waals surface area contributed by atoms with Crippen LogP contribution in [0, 0.1) is 11.8 Å². The van der Waals surface area contributed by atoms with Crippen molar-refractivity contribution in [3.63, 3.8) is 0 Å². The Hall–Kier alpha value is -0.860. The van der Waals surface area contributed by atoms with Gasteiger partial charge in [0.05, 0.1) is 0 Å². The standard InChI is InChI=1S/C25H43N5.HI/c1-5-22-20-30(13-12-24(22)23-10-8-7-9-11-23)25(26-4)27-18-21(3)19-29-16-14-28(6-2)15-17-29;/h7-11,21-22,24H,5-6,12-20H2,1-4H3,(H,26,27);1H. The molecule has 6 heteroatoms. The van der Waals surface area contributed by atoms with Crippen LogP contribution in [0.1, 0.15) is 45.1 Å². The number of likely N-dealkylation sites (N-methyl/N-ethyl adjacent to an activating group) is 1. The lowest BCUT2D eigenvalue weighted by Gasteiger charge is -2.40. The number of piperazine rings is 1. The number of benzene rings is 1. The summed E-state index contributed by atoms with van der Waals surface area (Å²) in [5, 5.41) is 3.69. The van der Waals surface area contributed by atoms with Crippen LogP contribution in [0.4, 0.5) is 0 Å². The average molecular weight is 542 g/mol. The van der Waals surface area contributed by atoms with Crippen LogP contribution in [-0.4, -0.2) is 86.6 Å². The van der Waals surface area contributed by atoms with Crippen molar-refractivity contribution in [3.8, 4) is 0 Å². The van der Waals surface area contributed by atoms with Gasteiger partial charge in [0, 0.05) is 59.4 Å². The van der Waals surface area contributed by atoms with Crippen molar-refractivity contribution in [3.05, 3.63) is 35.9 Å². The van der Waals surface area contributed by atoms with Crippen molar-refractivity contribution in [1.82, 2.24) is 20.0 Å². The molecule has 1 N–H and O–H groups in total. The zero-order chi connectivity index (χ0) is 21.3. The van der Waals surface area contributed by atoms with Crippen molar-refractivity contribution in [2.45, 2.75) is 39.5 Å². The second kappa shape index (κ2) is 13.6. The van der Waals surface area contributed by atoms with Gasteiger partial charge in [0.2, 0.25) is 0 Å². The van der Waals surface area contributed by atoms with Crippen LogP contribution in [0.2, 0.25) is 0 Å². The third kappa shape index (κ3) is 7.60. The summed E-state index contributed by atoms with van der Waals surface area (Å²) in [6.07, 6.45) is 2.42. The van der Waals surface area contributed by atoms with E-state index in [0.29, 0.717) is 17.8 Å². The first-order valence-corrected chi connectivity index (χ1v) is 12.1. The molecule has 0 saturated carbocycles. The fourth-order valence-electron chi connectivity index (χ4n) is 5.17. The van der Waals surface area contributed by atoms with Crippen LogP contribution in [-0.2, 0) is 0 Å². The average Bonchev–Trinajstić information content (AvgIpc) is 2.80. The Morgan fingerprint density at radius 3 is 2.35 bits per heavy atom. The van der Waals surface area contributed by atoms with E-state index in [1.165, 1.54) is 57.7 Å². The van der Waals surface area contributed by atoms with Gasteiger partial charge >= 0.3 is 0 Å². The normalized spacial score (nSPS) is 24.5. The maximum absolute atomic E-state index is 4.63. The summed E-state index contributed by atoms with van der Waals surface area (Å²) in [5.41, 5.74) is 1.50. The first-order valence-electron chi connectivity index (χ1n) is 12.1. The van der Waals surface area contributed by atoms with Crippen molar-refractivity contribution in [1.29, 1.82) is 0 Å². The summed E-state index contributed by atoms with van der Waals surface area (Å²) in [6.45, 7) is 17.3. The predicted molar refractivity (Wildman–Crippen MR) is 144 cm³/mol. The summed E-state index contributed by atoms with van der Waals surface area (Å²) in [6, 6.07) is 11.1. The number of likely N-dealkylation sites (tertiary alicyclic amines) is 1. The van der Waals surface area contributed by atoms with Gasteiger partial charge in [-0.1, -0.05) is 57.5 Å². The second-order valence-corrected chi connectivity index (χ2v) is 9.19. The summed E-state index contributed by atoms with van der Waals surface area (Å²) in [4.78, 5) is 12.3. The molecule has 1 aromatic rings. The first kappa shape index (κ1) is 26.4. The Morgan fingerprint density at radius 1 is 1.06 bits per heavy atom. The third-order valence-corrected chi connectivity index (χ3v) is 7.09. The van der Waals surface area contributed by atoms with Gasteiger partial charge in [-0.2, -0.15) is 0 Å². The highest BCUT2D eigenvalue weighted by atomic mass is 127. The first-order chi connectivity index (χ1) is 14.6. The Morgan fingerprint density at radius 2 is 1.74 bits per heavy atom. The van der Waals surface area contributed by atoms with Crippen LogP contribution >= 0.6 is 24.0 Å². The molecule has 3 rings (SSSR count). The molecule has 3 atom stereocenters. The SMILES string of the molecule is CCC1CN(C(=NC)NCC(C)CN2CCN(CC)CC2)CCC1c1ccccc1.I. The number of hydrogen-bond acceptors (Lipinski definition) is 3. The number of nitrogens with zero attached hydrogens (tertiary/aromatic N) is 4. The van der Waals surface area contributed by atoms with Gasteiger partial charge in [0.15, 0.2) is 5.96 Å². The number of aliphatic imine (C=N–C) groups is 1. The molecule has 0 bridgehead atoms. The molecule has 176 valence electrons. The van der Waals surface area contributed by atoms with Crippen molar-refractivity contribution < 1.29 is 0 Å². The highest BCUT2D eigenvalue weighted by Crippen LogP contribution is 2.34. The van der Waals surface area contributed by atoms with E-state index in [1.807, 2.05) is 7.05 Å². The van der Waals surface area contributed by atoms with Gasteiger partial charge in [-0.15, -0.1) is 24.0 Å². The fourth-order valence-corrected chi connectivity index (χ4v) is 5.17. The molecule has 2 aliphatic rings. The quantitative estimate of drug-likeness (QED) is 0.322. The minimum atomic E-state index is 0. The molecule has 0 radical (unpaired) electrons. The van der Waals surface area contributed by atoms with Crippen molar-refractivity contribution in [2.75, 3.05) is 66.0 Å². The van der Waals surface area contributed by atoms with E-state index in [2.05, 4.69) is 76.1 Å².